The molecule has 0 saturated heterocycles. The molecule has 29 heavy (non-hydrogen) atoms. The average molecular weight is 394 g/mol. The second-order valence-electron chi connectivity index (χ2n) is 6.50. The van der Waals surface area contributed by atoms with E-state index in [1.54, 1.807) is 24.3 Å². The Morgan fingerprint density at radius 2 is 1.66 bits per heavy atom. The predicted octanol–water partition coefficient (Wildman–Crippen LogP) is 3.03. The summed E-state index contributed by atoms with van der Waals surface area (Å²) in [6.45, 7) is 1.38. The smallest absolute Gasteiger partial charge is 0.411 e. The summed E-state index contributed by atoms with van der Waals surface area (Å²) >= 11 is 0. The second-order valence-corrected chi connectivity index (χ2v) is 6.50. The van der Waals surface area contributed by atoms with Gasteiger partial charge >= 0.3 is 6.09 Å². The Hall–Kier alpha value is -3.81. The first-order valence-corrected chi connectivity index (χ1v) is 9.04. The van der Waals surface area contributed by atoms with Crippen molar-refractivity contribution in [2.24, 2.45) is 0 Å². The Kier molecular flexibility index (Phi) is 6.13. The van der Waals surface area contributed by atoms with Crippen molar-refractivity contribution >= 4 is 40.2 Å². The van der Waals surface area contributed by atoms with Gasteiger partial charge in [-0.2, -0.15) is 0 Å². The van der Waals surface area contributed by atoms with Crippen LogP contribution in [0.2, 0.25) is 0 Å². The lowest BCUT2D eigenvalue weighted by atomic mass is 10.0. The van der Waals surface area contributed by atoms with E-state index < -0.39 is 12.1 Å². The lowest BCUT2D eigenvalue weighted by Crippen LogP contribution is -2.44. The third kappa shape index (κ3) is 5.13. The van der Waals surface area contributed by atoms with Gasteiger partial charge in [0, 0.05) is 41.8 Å². The van der Waals surface area contributed by atoms with Crippen molar-refractivity contribution in [2.75, 3.05) is 17.7 Å². The number of fused-ring (bicyclic) bond motifs is 1. The molecule has 1 aromatic heterocycles. The maximum atomic E-state index is 12.8. The van der Waals surface area contributed by atoms with Crippen molar-refractivity contribution in [2.45, 2.75) is 19.4 Å². The number of methoxy groups -OCH3 is 1. The fourth-order valence-corrected chi connectivity index (χ4v) is 3.01. The molecule has 4 N–H and O–H groups in total. The second kappa shape index (κ2) is 8.92. The zero-order valence-corrected chi connectivity index (χ0v) is 16.1. The van der Waals surface area contributed by atoms with Crippen LogP contribution in [0.25, 0.3) is 10.9 Å². The topological polar surface area (TPSA) is 112 Å². The number of ether oxygens (including phenoxy) is 1. The van der Waals surface area contributed by atoms with E-state index in [-0.39, 0.29) is 11.8 Å². The minimum atomic E-state index is -0.737. The van der Waals surface area contributed by atoms with E-state index in [1.165, 1.54) is 14.0 Å². The van der Waals surface area contributed by atoms with E-state index in [0.717, 1.165) is 16.5 Å². The Balaban J connectivity index is 1.72. The normalized spacial score (nSPS) is 11.5. The van der Waals surface area contributed by atoms with Crippen LogP contribution in [-0.4, -0.2) is 36.0 Å². The third-order valence-corrected chi connectivity index (χ3v) is 4.38. The number of rotatable bonds is 6. The molecule has 1 heterocycles. The highest BCUT2D eigenvalue weighted by atomic mass is 16.5. The van der Waals surface area contributed by atoms with E-state index in [2.05, 4.69) is 25.7 Å². The van der Waals surface area contributed by atoms with Gasteiger partial charge in [0.2, 0.25) is 11.8 Å². The zero-order chi connectivity index (χ0) is 20.8. The van der Waals surface area contributed by atoms with Crippen LogP contribution in [0.5, 0.6) is 0 Å². The molecule has 0 saturated carbocycles. The van der Waals surface area contributed by atoms with Crippen LogP contribution in [0, 0.1) is 0 Å². The quantitative estimate of drug-likeness (QED) is 0.515. The standard InChI is InChI=1S/C21H22N4O4/c1-13(26)23-19(11-14-12-22-18-6-4-3-5-17(14)18)20(27)24-15-7-9-16(10-8-15)25-21(28)29-2/h3-10,12,19,22H,11H2,1-2H3,(H,23,26)(H,24,27)(H,25,28). The van der Waals surface area contributed by atoms with Crippen LogP contribution in [-0.2, 0) is 20.7 Å². The lowest BCUT2D eigenvalue weighted by Gasteiger charge is -2.17. The molecule has 8 heteroatoms. The van der Waals surface area contributed by atoms with E-state index in [4.69, 9.17) is 0 Å². The third-order valence-electron chi connectivity index (χ3n) is 4.38. The van der Waals surface area contributed by atoms with Crippen molar-refractivity contribution in [1.29, 1.82) is 0 Å². The highest BCUT2D eigenvalue weighted by Gasteiger charge is 2.21. The van der Waals surface area contributed by atoms with Crippen molar-refractivity contribution in [1.82, 2.24) is 10.3 Å². The van der Waals surface area contributed by atoms with Gasteiger partial charge in [-0.05, 0) is 35.9 Å². The molecule has 3 amide bonds. The van der Waals surface area contributed by atoms with Crippen LogP contribution < -0.4 is 16.0 Å². The summed E-state index contributed by atoms with van der Waals surface area (Å²) in [6.07, 6.45) is 1.61. The highest BCUT2D eigenvalue weighted by Crippen LogP contribution is 2.20. The zero-order valence-electron chi connectivity index (χ0n) is 16.1. The molecule has 1 unspecified atom stereocenters. The number of benzene rings is 2. The molecule has 0 aliphatic carbocycles. The summed E-state index contributed by atoms with van der Waals surface area (Å²) in [4.78, 5) is 38.8. The summed E-state index contributed by atoms with van der Waals surface area (Å²) < 4.78 is 4.54. The molecule has 2 aromatic carbocycles. The average Bonchev–Trinajstić information content (AvgIpc) is 3.11. The van der Waals surface area contributed by atoms with Gasteiger partial charge < -0.3 is 20.4 Å². The number of hydrogen-bond donors (Lipinski definition) is 4. The lowest BCUT2D eigenvalue weighted by molar-refractivity contribution is -0.125. The first kappa shape index (κ1) is 19.9. The molecule has 3 aromatic rings. The highest BCUT2D eigenvalue weighted by molar-refractivity contribution is 5.98. The Bertz CT molecular complexity index is 1030. The monoisotopic (exact) mass is 394 g/mol. The molecule has 1 atom stereocenters. The summed E-state index contributed by atoms with van der Waals surface area (Å²) in [7, 11) is 1.28. The number of amides is 3. The molecule has 8 nitrogen and oxygen atoms in total. The first-order valence-electron chi connectivity index (χ1n) is 9.04. The van der Waals surface area contributed by atoms with Crippen molar-refractivity contribution < 1.29 is 19.1 Å². The van der Waals surface area contributed by atoms with E-state index >= 15 is 0 Å². The molecule has 0 aliphatic rings. The number of para-hydroxylation sites is 1. The summed E-state index contributed by atoms with van der Waals surface area (Å²) in [5.41, 5.74) is 2.98. The molecule has 0 fully saturated rings. The maximum Gasteiger partial charge on any atom is 0.411 e. The molecular formula is C21H22N4O4. The van der Waals surface area contributed by atoms with Crippen molar-refractivity contribution in [3.8, 4) is 0 Å². The molecule has 0 spiro atoms. The predicted molar refractivity (Wildman–Crippen MR) is 111 cm³/mol. The number of aromatic amines is 1. The molecule has 0 aliphatic heterocycles. The summed E-state index contributed by atoms with van der Waals surface area (Å²) in [5, 5.41) is 9.05. The number of aromatic nitrogens is 1. The maximum absolute atomic E-state index is 12.8. The minimum absolute atomic E-state index is 0.289. The van der Waals surface area contributed by atoms with Crippen LogP contribution in [0.1, 0.15) is 12.5 Å². The molecule has 0 bridgehead atoms. The Morgan fingerprint density at radius 1 is 1.00 bits per heavy atom. The van der Waals surface area contributed by atoms with Gasteiger partial charge in [-0.3, -0.25) is 14.9 Å². The minimum Gasteiger partial charge on any atom is -0.453 e. The number of H-pyrrole nitrogens is 1. The van der Waals surface area contributed by atoms with Gasteiger partial charge in [0.25, 0.3) is 0 Å². The first-order chi connectivity index (χ1) is 14.0. The van der Waals surface area contributed by atoms with Crippen LogP contribution in [0.15, 0.2) is 54.7 Å². The van der Waals surface area contributed by atoms with E-state index in [0.29, 0.717) is 17.8 Å². The molecular weight excluding hydrogens is 372 g/mol. The van der Waals surface area contributed by atoms with Crippen molar-refractivity contribution in [3.63, 3.8) is 0 Å². The summed E-state index contributed by atoms with van der Waals surface area (Å²) in [5.74, 6) is -0.623. The van der Waals surface area contributed by atoms with Gasteiger partial charge in [0.05, 0.1) is 7.11 Å². The summed E-state index contributed by atoms with van der Waals surface area (Å²) in [6, 6.07) is 13.6. The van der Waals surface area contributed by atoms with Crippen LogP contribution in [0.3, 0.4) is 0 Å². The number of carbonyl (C=O) groups is 3. The molecule has 150 valence electrons. The number of anilines is 2. The van der Waals surface area contributed by atoms with Gasteiger partial charge in [-0.1, -0.05) is 18.2 Å². The van der Waals surface area contributed by atoms with Gasteiger partial charge in [-0.15, -0.1) is 0 Å². The van der Waals surface area contributed by atoms with Gasteiger partial charge in [0.1, 0.15) is 6.04 Å². The van der Waals surface area contributed by atoms with Crippen LogP contribution >= 0.6 is 0 Å². The van der Waals surface area contributed by atoms with Gasteiger partial charge in [-0.25, -0.2) is 4.79 Å². The SMILES string of the molecule is COC(=O)Nc1ccc(NC(=O)C(Cc2c[nH]c3ccccc23)NC(C)=O)cc1. The fourth-order valence-electron chi connectivity index (χ4n) is 3.01. The Labute approximate surface area is 167 Å². The number of carbonyl (C=O) groups excluding carboxylic acids is 3. The van der Waals surface area contributed by atoms with Crippen molar-refractivity contribution in [3.05, 3.63) is 60.3 Å². The number of hydrogen-bond acceptors (Lipinski definition) is 4. The van der Waals surface area contributed by atoms with E-state index in [1.807, 2.05) is 30.5 Å². The molecule has 0 radical (unpaired) electrons. The largest absolute Gasteiger partial charge is 0.453 e. The fraction of sp³-hybridized carbons (Fsp3) is 0.190. The Morgan fingerprint density at radius 3 is 2.31 bits per heavy atom. The van der Waals surface area contributed by atoms with Crippen LogP contribution in [0.4, 0.5) is 16.2 Å². The molecule has 3 rings (SSSR count). The van der Waals surface area contributed by atoms with Gasteiger partial charge in [0.15, 0.2) is 0 Å². The van der Waals surface area contributed by atoms with E-state index in [9.17, 15) is 14.4 Å². The number of nitrogens with one attached hydrogen (secondary N) is 4.